The third-order valence-electron chi connectivity index (χ3n) is 21.7. The van der Waals surface area contributed by atoms with Crippen molar-refractivity contribution in [3.63, 3.8) is 0 Å². The van der Waals surface area contributed by atoms with Gasteiger partial charge in [-0.15, -0.1) is 0 Å². The van der Waals surface area contributed by atoms with Crippen LogP contribution in [0.3, 0.4) is 0 Å². The van der Waals surface area contributed by atoms with Crippen LogP contribution in [0.4, 0.5) is 28.4 Å². The maximum atomic E-state index is 7.44. The van der Waals surface area contributed by atoms with Crippen LogP contribution in [0.25, 0.3) is 46.5 Å². The van der Waals surface area contributed by atoms with Crippen molar-refractivity contribution in [3.8, 4) is 22.3 Å². The van der Waals surface area contributed by atoms with Crippen LogP contribution in [-0.4, -0.2) is 90.6 Å². The fourth-order valence-electron chi connectivity index (χ4n) is 14.1. The second kappa shape index (κ2) is 31.9. The van der Waals surface area contributed by atoms with Crippen molar-refractivity contribution < 1.29 is 0 Å². The van der Waals surface area contributed by atoms with Gasteiger partial charge in [0.05, 0.1) is 0 Å². The van der Waals surface area contributed by atoms with Gasteiger partial charge in [0.25, 0.3) is 0 Å². The van der Waals surface area contributed by atoms with Gasteiger partial charge in [-0.2, -0.15) is 0 Å². The number of rotatable bonds is 7. The lowest BCUT2D eigenvalue weighted by molar-refractivity contribution is 0.382. The van der Waals surface area contributed by atoms with E-state index in [9.17, 15) is 0 Å². The number of nitrogens with zero attached hydrogens (tertiary/aromatic N) is 15. The third-order valence-corrected chi connectivity index (χ3v) is 21.7. The molecule has 12 rings (SSSR count). The fourth-order valence-corrected chi connectivity index (χ4v) is 14.1. The average Bonchev–Trinajstić information content (AvgIpc) is 1.45. The van der Waals surface area contributed by atoms with E-state index in [1.807, 2.05) is 90.5 Å². The quantitative estimate of drug-likeness (QED) is 0.144. The lowest BCUT2D eigenvalue weighted by Crippen LogP contribution is -2.36. The molecule has 0 N–H and O–H groups in total. The Kier molecular flexibility index (Phi) is 23.9. The molecule has 5 atom stereocenters. The van der Waals surface area contributed by atoms with Gasteiger partial charge in [-0.1, -0.05) is 124 Å². The summed E-state index contributed by atoms with van der Waals surface area (Å²) in [7, 11) is 10.1. The van der Waals surface area contributed by atoms with Crippen LogP contribution < -0.4 is 24.5 Å². The van der Waals surface area contributed by atoms with E-state index in [0.29, 0.717) is 29.1 Å². The maximum Gasteiger partial charge on any atom is 0.247 e. The van der Waals surface area contributed by atoms with Crippen LogP contribution in [0, 0.1) is 137 Å². The van der Waals surface area contributed by atoms with E-state index in [1.54, 1.807) is 0 Å². The topological polar surface area (TPSA) is 54.2 Å². The molecule has 15 heteroatoms. The molecule has 0 amide bonds. The largest absolute Gasteiger partial charge is 0.363 e. The van der Waals surface area contributed by atoms with E-state index in [0.717, 1.165) is 11.4 Å². The van der Waals surface area contributed by atoms with Crippen LogP contribution in [0.1, 0.15) is 118 Å². The Morgan fingerprint density at radius 3 is 0.922 bits per heavy atom. The Labute approximate surface area is 610 Å². The van der Waals surface area contributed by atoms with Crippen molar-refractivity contribution in [1.82, 2.24) is 24.5 Å². The van der Waals surface area contributed by atoms with Crippen molar-refractivity contribution in [2.24, 2.45) is 0 Å². The SMILES string of the molecule is [C-]#[N+]C1=CN(C)[C@H](C)N1c1c(C)c(C)c(C)c(C)c1C.[C-]#[N+]C1=CN(C)[C@H](C)N1c1c(C)c(C)cc(C)c1C.[C-]#[N+]C1=CN(C)[C@H](C)N1c1c(C)cc(C)c(C)c1C.[C-]#[N+]C1=CN(C)[C@H](C)N1c1cc(-c2ccccc2)ccc1C.[C-]#[N+]C1=CN(C)[C@H](C)N1c1ccc(-c2ccccc2)cc1C. The Morgan fingerprint density at radius 2 is 0.539 bits per heavy atom. The number of aryl methyl sites for hydroxylation is 6. The summed E-state index contributed by atoms with van der Waals surface area (Å²) in [6.45, 7) is 79.9. The van der Waals surface area contributed by atoms with Gasteiger partial charge >= 0.3 is 0 Å². The summed E-state index contributed by atoms with van der Waals surface area (Å²) >= 11 is 0. The smallest absolute Gasteiger partial charge is 0.247 e. The molecule has 5 heterocycles. The van der Waals surface area contributed by atoms with Gasteiger partial charge < -0.3 is 48.7 Å². The number of hydrogen-bond acceptors (Lipinski definition) is 10. The highest BCUT2D eigenvalue weighted by Crippen LogP contribution is 2.43. The first-order valence-corrected chi connectivity index (χ1v) is 34.9. The molecule has 0 saturated carbocycles. The zero-order valence-electron chi connectivity index (χ0n) is 64.9. The van der Waals surface area contributed by atoms with Gasteiger partial charge in [0.2, 0.25) is 29.1 Å². The average molecular weight is 1360 g/mol. The molecule has 7 aromatic rings. The summed E-state index contributed by atoms with van der Waals surface area (Å²) < 4.78 is 0. The van der Waals surface area contributed by atoms with E-state index in [1.165, 1.54) is 123 Å². The Bertz CT molecular complexity index is 4650. The molecular formula is C87H103N15. The molecule has 0 fully saturated rings. The summed E-state index contributed by atoms with van der Waals surface area (Å²) in [5.41, 5.74) is 29.7. The zero-order valence-corrected chi connectivity index (χ0v) is 64.9. The fraction of sp³-hybridized carbons (Fsp3) is 0.345. The monoisotopic (exact) mass is 1360 g/mol. The van der Waals surface area contributed by atoms with Crippen LogP contribution in [0.5, 0.6) is 0 Å². The first-order chi connectivity index (χ1) is 48.3. The molecule has 0 aromatic heterocycles. The molecule has 15 nitrogen and oxygen atoms in total. The van der Waals surface area contributed by atoms with Crippen LogP contribution >= 0.6 is 0 Å². The number of hydrogen-bond donors (Lipinski definition) is 0. The van der Waals surface area contributed by atoms with E-state index < -0.39 is 0 Å². The van der Waals surface area contributed by atoms with E-state index in [4.69, 9.17) is 32.9 Å². The van der Waals surface area contributed by atoms with Crippen molar-refractivity contribution in [1.29, 1.82) is 0 Å². The van der Waals surface area contributed by atoms with Crippen LogP contribution in [0.2, 0.25) is 0 Å². The Morgan fingerprint density at radius 1 is 0.245 bits per heavy atom. The standard InChI is InChI=1S/2C19H19N3.C17H23N3.2C16H21N3/c1-14-12-17(16-8-6-5-7-9-16)10-11-18(14)22-15(2)21(4)13-19(22)20-3;1-14-10-11-17(16-8-6-5-7-9-16)12-18(14)22-15(2)21(4)13-19(22)20-3;1-10-11(2)13(4)17(14(5)12(10)3)20-15(6)19(8)9-16(20)18-7;1-10-8-11(2)16(13(4)12(10)3)19-14(5)18(7)9-15(19)17-6;1-10-8-11(2)13(4)16(12(10)3)19-14(5)18(7)9-15(19)17-6/h2*5-13,15H,1-2,4H3;9,15H,1-6,8H3;2*8-9,14H,1-5,7H3/t3*15-;2*14-/m00000/s1. The normalized spacial score (nSPS) is 18.0. The van der Waals surface area contributed by atoms with Gasteiger partial charge in [-0.05, 0) is 262 Å². The van der Waals surface area contributed by atoms with Gasteiger partial charge in [-0.25, -0.2) is 0 Å². The van der Waals surface area contributed by atoms with Crippen molar-refractivity contribution in [2.45, 2.75) is 169 Å². The highest BCUT2D eigenvalue weighted by Gasteiger charge is 2.38. The molecule has 0 radical (unpaired) electrons. The maximum absolute atomic E-state index is 7.44. The van der Waals surface area contributed by atoms with Gasteiger partial charge in [0.1, 0.15) is 28.4 Å². The molecule has 0 unspecified atom stereocenters. The summed E-state index contributed by atoms with van der Waals surface area (Å²) in [6, 6.07) is 38.0. The van der Waals surface area contributed by atoms with Gasteiger partial charge in [0.15, 0.2) is 30.8 Å². The molecule has 0 spiro atoms. The highest BCUT2D eigenvalue weighted by atomic mass is 15.5. The van der Waals surface area contributed by atoms with Gasteiger partial charge in [-0.3, -0.25) is 24.5 Å². The molecule has 0 aliphatic carbocycles. The summed E-state index contributed by atoms with van der Waals surface area (Å²) in [5, 5.41) is 0. The number of benzene rings is 7. The number of anilines is 5. The Hall–Kier alpha value is -11.3. The summed E-state index contributed by atoms with van der Waals surface area (Å²) in [6.07, 6.45) is 10.4. The molecule has 7 aromatic carbocycles. The predicted octanol–water partition coefficient (Wildman–Crippen LogP) is 20.5. The molecule has 526 valence electrons. The Balaban J connectivity index is 0.000000162. The highest BCUT2D eigenvalue weighted by molar-refractivity contribution is 5.75. The van der Waals surface area contributed by atoms with Crippen molar-refractivity contribution in [3.05, 3.63) is 310 Å². The lowest BCUT2D eigenvalue weighted by Gasteiger charge is -2.29. The molecule has 102 heavy (non-hydrogen) atoms. The minimum absolute atomic E-state index is 0.147. The molecule has 5 aliphatic heterocycles. The zero-order chi connectivity index (χ0) is 75.2. The molecule has 0 bridgehead atoms. The minimum atomic E-state index is 0.147. The summed E-state index contributed by atoms with van der Waals surface area (Å²) in [5.74, 6) is 3.44. The molecule has 0 saturated heterocycles. The second-order valence-electron chi connectivity index (χ2n) is 27.8. The van der Waals surface area contributed by atoms with Gasteiger partial charge in [0, 0.05) is 66.2 Å². The van der Waals surface area contributed by atoms with E-state index in [-0.39, 0.29) is 30.8 Å². The van der Waals surface area contributed by atoms with Crippen LogP contribution in [0.15, 0.2) is 169 Å². The van der Waals surface area contributed by atoms with E-state index in [2.05, 4.69) is 297 Å². The van der Waals surface area contributed by atoms with E-state index >= 15 is 0 Å². The molecule has 5 aliphatic rings. The second-order valence-corrected chi connectivity index (χ2v) is 27.8. The minimum Gasteiger partial charge on any atom is -0.363 e. The summed E-state index contributed by atoms with van der Waals surface area (Å²) in [4.78, 5) is 39.5. The van der Waals surface area contributed by atoms with Crippen molar-refractivity contribution in [2.75, 3.05) is 59.7 Å². The van der Waals surface area contributed by atoms with Crippen LogP contribution in [-0.2, 0) is 0 Å². The molecular weight excluding hydrogens is 1260 g/mol. The first kappa shape index (κ1) is 76.4. The first-order valence-electron chi connectivity index (χ1n) is 34.9. The van der Waals surface area contributed by atoms with Crippen molar-refractivity contribution >= 4 is 28.4 Å². The predicted molar refractivity (Wildman–Crippen MR) is 426 cm³/mol. The lowest BCUT2D eigenvalue weighted by atomic mass is 9.92. The third kappa shape index (κ3) is 15.1.